The summed E-state index contributed by atoms with van der Waals surface area (Å²) in [5, 5.41) is 3.07. The van der Waals surface area contributed by atoms with Gasteiger partial charge in [-0.2, -0.15) is 0 Å². The summed E-state index contributed by atoms with van der Waals surface area (Å²) in [4.78, 5) is 27.8. The van der Waals surface area contributed by atoms with E-state index in [1.807, 2.05) is 6.92 Å². The number of carbonyl (C=O) groups excluding carboxylic acids is 2. The maximum Gasteiger partial charge on any atom is 0.259 e. The summed E-state index contributed by atoms with van der Waals surface area (Å²) >= 11 is 8.51. The topological polar surface area (TPSA) is 85.1 Å². The minimum Gasteiger partial charge on any atom is -0.375 e. The van der Waals surface area contributed by atoms with Crippen molar-refractivity contribution in [1.29, 1.82) is 0 Å². The van der Waals surface area contributed by atoms with Crippen LogP contribution in [0, 0.1) is 6.92 Å². The van der Waals surface area contributed by atoms with Crippen molar-refractivity contribution in [3.05, 3.63) is 40.5 Å². The number of rotatable bonds is 4. The molecule has 5 nitrogen and oxygen atoms in total. The summed E-state index contributed by atoms with van der Waals surface area (Å²) in [7, 11) is 0. The number of thiazole rings is 1. The Kier molecular flexibility index (Phi) is 5.22. The van der Waals surface area contributed by atoms with Crippen molar-refractivity contribution in [3.8, 4) is 0 Å². The van der Waals surface area contributed by atoms with Gasteiger partial charge in [-0.15, -0.1) is 11.8 Å². The van der Waals surface area contributed by atoms with Gasteiger partial charge in [-0.05, 0) is 19.1 Å². The second-order valence-corrected chi connectivity index (χ2v) is 6.75. The molecule has 0 radical (unpaired) electrons. The summed E-state index contributed by atoms with van der Waals surface area (Å²) in [6.45, 7) is 1.82. The third-order valence-electron chi connectivity index (χ3n) is 2.48. The Morgan fingerprint density at radius 1 is 1.43 bits per heavy atom. The molecule has 0 saturated heterocycles. The number of nitrogens with two attached hydrogens (primary N) is 1. The van der Waals surface area contributed by atoms with Gasteiger partial charge in [0.25, 0.3) is 5.91 Å². The molecule has 3 N–H and O–H groups in total. The fourth-order valence-corrected chi connectivity index (χ4v) is 3.59. The first kappa shape index (κ1) is 15.8. The third-order valence-corrected chi connectivity index (χ3v) is 5.15. The predicted octanol–water partition coefficient (Wildman–Crippen LogP) is 2.74. The minimum absolute atomic E-state index is 0.110. The number of nitrogens with zero attached hydrogens (tertiary/aromatic N) is 1. The third kappa shape index (κ3) is 4.20. The molecule has 2 aromatic rings. The molecule has 1 heterocycles. The van der Waals surface area contributed by atoms with Gasteiger partial charge in [0.15, 0.2) is 5.13 Å². The Bertz CT molecular complexity index is 688. The summed E-state index contributed by atoms with van der Waals surface area (Å²) in [6.07, 6.45) is 0. The quantitative estimate of drug-likeness (QED) is 0.835. The number of benzene rings is 1. The Labute approximate surface area is 134 Å². The molecular formula is C13H12ClN3O2S2. The lowest BCUT2D eigenvalue weighted by Gasteiger charge is -2.05. The molecule has 0 unspecified atom stereocenters. The van der Waals surface area contributed by atoms with Crippen LogP contribution in [0.4, 0.5) is 5.13 Å². The summed E-state index contributed by atoms with van der Waals surface area (Å²) in [5.74, 6) is -0.790. The number of nitrogen functional groups attached to an aromatic ring is 1. The van der Waals surface area contributed by atoms with Crippen LogP contribution in [0.15, 0.2) is 28.5 Å². The number of hydrogen-bond donors (Lipinski definition) is 2. The molecule has 0 bridgehead atoms. The van der Waals surface area contributed by atoms with Crippen molar-refractivity contribution in [2.45, 2.75) is 11.1 Å². The molecule has 0 spiro atoms. The highest BCUT2D eigenvalue weighted by Gasteiger charge is 2.14. The van der Waals surface area contributed by atoms with E-state index in [1.165, 1.54) is 23.1 Å². The maximum absolute atomic E-state index is 11.9. The number of imide groups is 1. The SMILES string of the molecule is Cc1nc(N)sc1SCC(=O)NC(=O)c1ccccc1Cl. The average molecular weight is 342 g/mol. The van der Waals surface area contributed by atoms with E-state index < -0.39 is 11.8 Å². The van der Waals surface area contributed by atoms with Crippen LogP contribution in [0.2, 0.25) is 5.02 Å². The second-order valence-electron chi connectivity index (χ2n) is 4.07. The molecule has 2 amide bonds. The van der Waals surface area contributed by atoms with Crippen molar-refractivity contribution in [2.75, 3.05) is 11.5 Å². The van der Waals surface area contributed by atoms with Crippen LogP contribution < -0.4 is 11.1 Å². The number of thioether (sulfide) groups is 1. The summed E-state index contributed by atoms with van der Waals surface area (Å²) in [6, 6.07) is 6.56. The fraction of sp³-hybridized carbons (Fsp3) is 0.154. The monoisotopic (exact) mass is 341 g/mol. The first-order valence-corrected chi connectivity index (χ1v) is 8.10. The Hall–Kier alpha value is -1.57. The number of halogens is 1. The highest BCUT2D eigenvalue weighted by atomic mass is 35.5. The zero-order valence-corrected chi connectivity index (χ0v) is 13.4. The summed E-state index contributed by atoms with van der Waals surface area (Å²) < 4.78 is 0.868. The van der Waals surface area contributed by atoms with Gasteiger partial charge in [0, 0.05) is 0 Å². The molecule has 1 aromatic heterocycles. The van der Waals surface area contributed by atoms with Crippen molar-refractivity contribution in [2.24, 2.45) is 0 Å². The van der Waals surface area contributed by atoms with E-state index in [4.69, 9.17) is 17.3 Å². The Morgan fingerprint density at radius 2 is 2.14 bits per heavy atom. The first-order chi connectivity index (χ1) is 9.97. The van der Waals surface area contributed by atoms with Crippen LogP contribution in [0.1, 0.15) is 16.1 Å². The first-order valence-electron chi connectivity index (χ1n) is 5.92. The molecule has 2 rings (SSSR count). The molecular weight excluding hydrogens is 330 g/mol. The number of hydrogen-bond acceptors (Lipinski definition) is 6. The number of amides is 2. The number of aromatic nitrogens is 1. The molecule has 0 atom stereocenters. The molecule has 8 heteroatoms. The van der Waals surface area contributed by atoms with Crippen LogP contribution in [-0.2, 0) is 4.79 Å². The van der Waals surface area contributed by atoms with E-state index in [0.29, 0.717) is 10.2 Å². The van der Waals surface area contributed by atoms with Crippen LogP contribution in [0.5, 0.6) is 0 Å². The smallest absolute Gasteiger partial charge is 0.259 e. The van der Waals surface area contributed by atoms with Gasteiger partial charge >= 0.3 is 0 Å². The highest BCUT2D eigenvalue weighted by molar-refractivity contribution is 8.01. The number of aryl methyl sites for hydroxylation is 1. The maximum atomic E-state index is 11.9. The fourth-order valence-electron chi connectivity index (χ4n) is 1.54. The molecule has 0 fully saturated rings. The minimum atomic E-state index is -0.508. The van der Waals surface area contributed by atoms with Gasteiger partial charge in [-0.1, -0.05) is 35.1 Å². The van der Waals surface area contributed by atoms with Crippen LogP contribution >= 0.6 is 34.7 Å². The van der Waals surface area contributed by atoms with E-state index in [-0.39, 0.29) is 11.3 Å². The van der Waals surface area contributed by atoms with Gasteiger partial charge in [0.2, 0.25) is 5.91 Å². The van der Waals surface area contributed by atoms with E-state index in [9.17, 15) is 9.59 Å². The Morgan fingerprint density at radius 3 is 2.76 bits per heavy atom. The van der Waals surface area contributed by atoms with Gasteiger partial charge < -0.3 is 5.73 Å². The van der Waals surface area contributed by atoms with Crippen molar-refractivity contribution in [3.63, 3.8) is 0 Å². The largest absolute Gasteiger partial charge is 0.375 e. The predicted molar refractivity (Wildman–Crippen MR) is 85.9 cm³/mol. The zero-order chi connectivity index (χ0) is 15.4. The molecule has 21 heavy (non-hydrogen) atoms. The molecule has 0 aliphatic rings. The number of anilines is 1. The van der Waals surface area contributed by atoms with Crippen LogP contribution in [0.25, 0.3) is 0 Å². The van der Waals surface area contributed by atoms with E-state index in [1.54, 1.807) is 24.3 Å². The zero-order valence-electron chi connectivity index (χ0n) is 11.1. The normalized spacial score (nSPS) is 10.4. The van der Waals surface area contributed by atoms with Crippen molar-refractivity contribution in [1.82, 2.24) is 10.3 Å². The highest BCUT2D eigenvalue weighted by Crippen LogP contribution is 2.30. The van der Waals surface area contributed by atoms with Gasteiger partial charge in [-0.25, -0.2) is 4.98 Å². The summed E-state index contributed by atoms with van der Waals surface area (Å²) in [5.41, 5.74) is 6.64. The number of nitrogens with one attached hydrogen (secondary N) is 1. The van der Waals surface area contributed by atoms with Crippen LogP contribution in [-0.4, -0.2) is 22.6 Å². The Balaban J connectivity index is 1.92. The van der Waals surface area contributed by atoms with E-state index in [0.717, 1.165) is 9.90 Å². The lowest BCUT2D eigenvalue weighted by atomic mass is 10.2. The molecule has 0 aliphatic heterocycles. The second kappa shape index (κ2) is 6.93. The lowest BCUT2D eigenvalue weighted by Crippen LogP contribution is -2.31. The molecule has 110 valence electrons. The van der Waals surface area contributed by atoms with Gasteiger partial charge in [-0.3, -0.25) is 14.9 Å². The molecule has 1 aromatic carbocycles. The van der Waals surface area contributed by atoms with Gasteiger partial charge in [0.1, 0.15) is 0 Å². The van der Waals surface area contributed by atoms with E-state index in [2.05, 4.69) is 10.3 Å². The van der Waals surface area contributed by atoms with E-state index >= 15 is 0 Å². The lowest BCUT2D eigenvalue weighted by molar-refractivity contribution is -0.117. The van der Waals surface area contributed by atoms with Crippen molar-refractivity contribution < 1.29 is 9.59 Å². The van der Waals surface area contributed by atoms with Crippen LogP contribution in [0.3, 0.4) is 0 Å². The molecule has 0 aliphatic carbocycles. The standard InChI is InChI=1S/C13H12ClN3O2S2/c1-7-12(21-13(15)16-7)20-6-10(18)17-11(19)8-4-2-3-5-9(8)14/h2-5H,6H2,1H3,(H2,15,16)(H,17,18,19). The van der Waals surface area contributed by atoms with Gasteiger partial charge in [0.05, 0.1) is 26.2 Å². The number of carbonyl (C=O) groups is 2. The van der Waals surface area contributed by atoms with Crippen molar-refractivity contribution >= 4 is 51.6 Å². The average Bonchev–Trinajstić information content (AvgIpc) is 2.75. The molecule has 0 saturated carbocycles.